The normalized spacial score (nSPS) is 17.3. The smallest absolute Gasteiger partial charge is 0.252 e. The van der Waals surface area contributed by atoms with Gasteiger partial charge in [-0.05, 0) is 45.3 Å². The Hall–Kier alpha value is -3.77. The van der Waals surface area contributed by atoms with Crippen molar-refractivity contribution in [1.29, 1.82) is 0 Å². The molecule has 5 rings (SSSR count). The first kappa shape index (κ1) is 20.2. The Kier molecular flexibility index (Phi) is 5.52. The lowest BCUT2D eigenvalue weighted by molar-refractivity contribution is -0.129. The molecule has 0 saturated heterocycles. The molecule has 1 aliphatic rings. The van der Waals surface area contributed by atoms with Crippen molar-refractivity contribution in [3.8, 4) is 0 Å². The number of amides is 1. The van der Waals surface area contributed by atoms with E-state index in [0.717, 1.165) is 16.7 Å². The van der Waals surface area contributed by atoms with Crippen LogP contribution in [0.2, 0.25) is 5.02 Å². The first-order valence-electron chi connectivity index (χ1n) is 10.3. The molecule has 1 aromatic heterocycles. The van der Waals surface area contributed by atoms with E-state index in [-0.39, 0.29) is 5.91 Å². The molecule has 3 aromatic carbocycles. The van der Waals surface area contributed by atoms with Crippen molar-refractivity contribution in [2.75, 3.05) is 0 Å². The van der Waals surface area contributed by atoms with Crippen molar-refractivity contribution in [3.63, 3.8) is 0 Å². The number of carbonyl (C=O) groups is 1. The molecule has 0 bridgehead atoms. The highest BCUT2D eigenvalue weighted by Crippen LogP contribution is 2.33. The quantitative estimate of drug-likeness (QED) is 0.436. The standard InChI is InChI=1S/C25H20ClN5O/c26-22-13-11-19(12-14-22)16-30-23(20-9-5-2-6-10-20)24-27-28-29-31(24)17-21(25(30)32)15-18-7-3-1-4-8-18/h1-15,23H,16-17H2/b21-15-. The summed E-state index contributed by atoms with van der Waals surface area (Å²) < 4.78 is 1.71. The molecule has 0 spiro atoms. The topological polar surface area (TPSA) is 63.9 Å². The Balaban J connectivity index is 1.64. The minimum Gasteiger partial charge on any atom is -0.320 e. The number of hydrogen-bond donors (Lipinski definition) is 0. The van der Waals surface area contributed by atoms with Crippen LogP contribution in [0.15, 0.2) is 90.5 Å². The van der Waals surface area contributed by atoms with Crippen molar-refractivity contribution in [2.24, 2.45) is 0 Å². The van der Waals surface area contributed by atoms with E-state index in [9.17, 15) is 4.79 Å². The predicted octanol–water partition coefficient (Wildman–Crippen LogP) is 4.54. The summed E-state index contributed by atoms with van der Waals surface area (Å²) in [7, 11) is 0. The van der Waals surface area contributed by atoms with Crippen molar-refractivity contribution < 1.29 is 4.79 Å². The average Bonchev–Trinajstić information content (AvgIpc) is 3.24. The molecule has 158 valence electrons. The van der Waals surface area contributed by atoms with Gasteiger partial charge >= 0.3 is 0 Å². The lowest BCUT2D eigenvalue weighted by Crippen LogP contribution is -2.35. The van der Waals surface area contributed by atoms with Gasteiger partial charge in [0.25, 0.3) is 5.91 Å². The molecule has 0 fully saturated rings. The summed E-state index contributed by atoms with van der Waals surface area (Å²) in [5.74, 6) is 0.569. The van der Waals surface area contributed by atoms with Gasteiger partial charge in [0, 0.05) is 17.1 Å². The predicted molar refractivity (Wildman–Crippen MR) is 123 cm³/mol. The van der Waals surface area contributed by atoms with Gasteiger partial charge < -0.3 is 4.90 Å². The SMILES string of the molecule is O=C1/C(=C\c2ccccc2)Cn2nnnc2C(c2ccccc2)N1Cc1ccc(Cl)cc1. The first-order chi connectivity index (χ1) is 15.7. The molecular formula is C25H20ClN5O. The van der Waals surface area contributed by atoms with Gasteiger partial charge in [-0.15, -0.1) is 5.10 Å². The average molecular weight is 442 g/mol. The molecule has 1 aliphatic heterocycles. The number of halogens is 1. The highest BCUT2D eigenvalue weighted by molar-refractivity contribution is 6.30. The van der Waals surface area contributed by atoms with Gasteiger partial charge in [0.05, 0.1) is 6.54 Å². The maximum atomic E-state index is 13.9. The molecule has 0 saturated carbocycles. The lowest BCUT2D eigenvalue weighted by Gasteiger charge is -2.30. The molecule has 6 nitrogen and oxygen atoms in total. The fraction of sp³-hybridized carbons (Fsp3) is 0.120. The Labute approximate surface area is 190 Å². The van der Waals surface area contributed by atoms with Crippen LogP contribution in [0.5, 0.6) is 0 Å². The second kappa shape index (κ2) is 8.77. The third kappa shape index (κ3) is 4.05. The second-order valence-electron chi connectivity index (χ2n) is 7.65. The highest BCUT2D eigenvalue weighted by Gasteiger charge is 2.36. The van der Waals surface area contributed by atoms with E-state index in [4.69, 9.17) is 11.6 Å². The highest BCUT2D eigenvalue weighted by atomic mass is 35.5. The van der Waals surface area contributed by atoms with E-state index in [1.54, 1.807) is 4.68 Å². The van der Waals surface area contributed by atoms with E-state index >= 15 is 0 Å². The van der Waals surface area contributed by atoms with Gasteiger partial charge in [-0.25, -0.2) is 4.68 Å². The lowest BCUT2D eigenvalue weighted by atomic mass is 10.0. The number of aromatic nitrogens is 4. The summed E-state index contributed by atoms with van der Waals surface area (Å²) in [5, 5.41) is 13.1. The Bertz CT molecular complexity index is 1250. The van der Waals surface area contributed by atoms with Crippen LogP contribution in [0.25, 0.3) is 6.08 Å². The fourth-order valence-electron chi connectivity index (χ4n) is 3.96. The molecule has 2 heterocycles. The number of tetrazole rings is 1. The first-order valence-corrected chi connectivity index (χ1v) is 10.7. The molecule has 1 unspecified atom stereocenters. The number of carbonyl (C=O) groups excluding carboxylic acids is 1. The largest absolute Gasteiger partial charge is 0.320 e. The Morgan fingerprint density at radius 3 is 2.34 bits per heavy atom. The van der Waals surface area contributed by atoms with Crippen molar-refractivity contribution in [1.82, 2.24) is 25.1 Å². The van der Waals surface area contributed by atoms with Gasteiger partial charge in [0.1, 0.15) is 6.04 Å². The van der Waals surface area contributed by atoms with Crippen molar-refractivity contribution in [2.45, 2.75) is 19.1 Å². The van der Waals surface area contributed by atoms with E-state index in [1.807, 2.05) is 95.9 Å². The number of nitrogens with zero attached hydrogens (tertiary/aromatic N) is 5. The van der Waals surface area contributed by atoms with Gasteiger partial charge in [-0.1, -0.05) is 84.4 Å². The van der Waals surface area contributed by atoms with Crippen LogP contribution in [-0.2, 0) is 17.9 Å². The van der Waals surface area contributed by atoms with E-state index in [0.29, 0.717) is 29.5 Å². The van der Waals surface area contributed by atoms with Crippen LogP contribution in [0.4, 0.5) is 0 Å². The molecule has 4 aromatic rings. The van der Waals surface area contributed by atoms with Crippen molar-refractivity contribution in [3.05, 3.63) is 118 Å². The number of hydrogen-bond acceptors (Lipinski definition) is 4. The number of benzene rings is 3. The van der Waals surface area contributed by atoms with Crippen molar-refractivity contribution >= 4 is 23.6 Å². The zero-order valence-electron chi connectivity index (χ0n) is 17.2. The zero-order valence-corrected chi connectivity index (χ0v) is 17.9. The Morgan fingerprint density at radius 2 is 1.62 bits per heavy atom. The molecule has 0 aliphatic carbocycles. The monoisotopic (exact) mass is 441 g/mol. The van der Waals surface area contributed by atoms with Gasteiger partial charge in [0.2, 0.25) is 0 Å². The van der Waals surface area contributed by atoms with Gasteiger partial charge in [-0.3, -0.25) is 4.79 Å². The number of fused-ring (bicyclic) bond motifs is 1. The summed E-state index contributed by atoms with van der Waals surface area (Å²) in [6.45, 7) is 0.699. The molecule has 1 atom stereocenters. The third-order valence-corrected chi connectivity index (χ3v) is 5.75. The third-order valence-electron chi connectivity index (χ3n) is 5.49. The molecule has 0 radical (unpaired) electrons. The Morgan fingerprint density at radius 1 is 0.938 bits per heavy atom. The van der Waals surface area contributed by atoms with E-state index in [1.165, 1.54) is 0 Å². The molecule has 0 N–H and O–H groups in total. The maximum absolute atomic E-state index is 13.9. The molecule has 32 heavy (non-hydrogen) atoms. The van der Waals surface area contributed by atoms with E-state index < -0.39 is 6.04 Å². The van der Waals surface area contributed by atoms with Crippen LogP contribution in [0.1, 0.15) is 28.6 Å². The van der Waals surface area contributed by atoms with Crippen LogP contribution in [-0.4, -0.2) is 31.0 Å². The molecule has 1 amide bonds. The second-order valence-corrected chi connectivity index (χ2v) is 8.08. The van der Waals surface area contributed by atoms with Crippen LogP contribution in [0, 0.1) is 0 Å². The summed E-state index contributed by atoms with van der Waals surface area (Å²) in [6, 6.07) is 26.8. The van der Waals surface area contributed by atoms with Crippen LogP contribution < -0.4 is 0 Å². The summed E-state index contributed by atoms with van der Waals surface area (Å²) in [4.78, 5) is 15.7. The zero-order chi connectivity index (χ0) is 21.9. The molecule has 7 heteroatoms. The summed E-state index contributed by atoms with van der Waals surface area (Å²) in [5.41, 5.74) is 3.50. The van der Waals surface area contributed by atoms with Crippen LogP contribution in [0.3, 0.4) is 0 Å². The van der Waals surface area contributed by atoms with Gasteiger partial charge in [0.15, 0.2) is 5.82 Å². The fourth-order valence-corrected chi connectivity index (χ4v) is 4.09. The number of rotatable bonds is 4. The molecular weight excluding hydrogens is 422 g/mol. The summed E-state index contributed by atoms with van der Waals surface area (Å²) >= 11 is 6.08. The minimum absolute atomic E-state index is 0.0649. The minimum atomic E-state index is -0.420. The summed E-state index contributed by atoms with van der Waals surface area (Å²) in [6.07, 6.45) is 1.91. The maximum Gasteiger partial charge on any atom is 0.252 e. The van der Waals surface area contributed by atoms with E-state index in [2.05, 4.69) is 15.5 Å². The van der Waals surface area contributed by atoms with Crippen LogP contribution >= 0.6 is 11.6 Å². The van der Waals surface area contributed by atoms with Gasteiger partial charge in [-0.2, -0.15) is 0 Å².